The van der Waals surface area contributed by atoms with Crippen LogP contribution in [0.2, 0.25) is 0 Å². The minimum atomic E-state index is -0.212. The number of hydrogen-bond donors (Lipinski definition) is 1. The molecule has 6 heteroatoms. The zero-order valence-electron chi connectivity index (χ0n) is 10.4. The van der Waals surface area contributed by atoms with E-state index in [1.165, 1.54) is 6.92 Å². The predicted molar refractivity (Wildman–Crippen MR) is 64.0 cm³/mol. The van der Waals surface area contributed by atoms with Crippen LogP contribution in [-0.2, 0) is 11.8 Å². The van der Waals surface area contributed by atoms with Crippen LogP contribution in [0.1, 0.15) is 6.92 Å². The van der Waals surface area contributed by atoms with Gasteiger partial charge in [-0.25, -0.2) is 0 Å². The molecule has 18 heavy (non-hydrogen) atoms. The summed E-state index contributed by atoms with van der Waals surface area (Å²) in [5.41, 5.74) is 1.53. The molecule has 0 saturated carbocycles. The van der Waals surface area contributed by atoms with Crippen LogP contribution in [-0.4, -0.2) is 18.3 Å². The first-order valence-electron chi connectivity index (χ1n) is 5.40. The molecule has 0 saturated heterocycles. The molecule has 1 aromatic carbocycles. The van der Waals surface area contributed by atoms with Crippen molar-refractivity contribution in [1.29, 1.82) is 0 Å². The molecule has 0 atom stereocenters. The Morgan fingerprint density at radius 1 is 1.50 bits per heavy atom. The van der Waals surface area contributed by atoms with E-state index in [4.69, 9.17) is 9.26 Å². The van der Waals surface area contributed by atoms with Crippen LogP contribution in [0.3, 0.4) is 0 Å². The zero-order chi connectivity index (χ0) is 13.1. The van der Waals surface area contributed by atoms with Gasteiger partial charge in [0.1, 0.15) is 5.75 Å². The lowest BCUT2D eigenvalue weighted by Crippen LogP contribution is -2.32. The molecular formula is C12H14N3O3+. The number of aromatic nitrogens is 2. The average Bonchev–Trinajstić information content (AvgIpc) is 2.70. The number of nitrogens with zero attached hydrogens (tertiary/aromatic N) is 2. The van der Waals surface area contributed by atoms with Crippen LogP contribution in [0.4, 0.5) is 5.88 Å². The highest BCUT2D eigenvalue weighted by atomic mass is 16.5. The Morgan fingerprint density at radius 3 is 2.94 bits per heavy atom. The molecule has 0 aliphatic rings. The molecule has 0 aliphatic carbocycles. The number of nitrogens with one attached hydrogen (secondary N) is 1. The van der Waals surface area contributed by atoms with Gasteiger partial charge in [0.25, 0.3) is 0 Å². The number of anilines is 1. The second-order valence-corrected chi connectivity index (χ2v) is 3.79. The van der Waals surface area contributed by atoms with E-state index in [0.29, 0.717) is 11.6 Å². The Labute approximate surface area is 104 Å². The number of aryl methyl sites for hydroxylation is 1. The minimum absolute atomic E-state index is 0.212. The molecule has 1 heterocycles. The number of amides is 1. The second kappa shape index (κ2) is 4.87. The molecule has 1 aromatic heterocycles. The van der Waals surface area contributed by atoms with Crippen molar-refractivity contribution >= 4 is 11.8 Å². The zero-order valence-corrected chi connectivity index (χ0v) is 10.4. The maximum absolute atomic E-state index is 11.1. The molecule has 0 unspecified atom stereocenters. The Balaban J connectivity index is 2.48. The molecular weight excluding hydrogens is 234 g/mol. The fourth-order valence-electron chi connectivity index (χ4n) is 1.66. The Morgan fingerprint density at radius 2 is 2.28 bits per heavy atom. The van der Waals surface area contributed by atoms with Crippen molar-refractivity contribution in [3.63, 3.8) is 0 Å². The van der Waals surface area contributed by atoms with E-state index in [1.54, 1.807) is 18.8 Å². The maximum Gasteiger partial charge on any atom is 0.310 e. The number of benzene rings is 1. The van der Waals surface area contributed by atoms with Gasteiger partial charge >= 0.3 is 11.6 Å². The fraction of sp³-hybridized carbons (Fsp3) is 0.250. The first-order valence-corrected chi connectivity index (χ1v) is 5.40. The molecule has 0 bridgehead atoms. The van der Waals surface area contributed by atoms with E-state index in [2.05, 4.69) is 10.6 Å². The SMILES string of the molecule is COc1cccc(-c2c(NC(C)=O)on[n+]2C)c1. The summed E-state index contributed by atoms with van der Waals surface area (Å²) >= 11 is 0. The van der Waals surface area contributed by atoms with Gasteiger partial charge < -0.3 is 4.74 Å². The largest absolute Gasteiger partial charge is 0.497 e. The molecule has 6 nitrogen and oxygen atoms in total. The maximum atomic E-state index is 11.1. The van der Waals surface area contributed by atoms with Gasteiger partial charge in [-0.05, 0) is 22.9 Å². The summed E-state index contributed by atoms with van der Waals surface area (Å²) in [6.45, 7) is 1.41. The highest BCUT2D eigenvalue weighted by Gasteiger charge is 2.24. The third-order valence-corrected chi connectivity index (χ3v) is 2.43. The van der Waals surface area contributed by atoms with Crippen molar-refractivity contribution in [2.24, 2.45) is 7.05 Å². The summed E-state index contributed by atoms with van der Waals surface area (Å²) in [7, 11) is 3.34. The summed E-state index contributed by atoms with van der Waals surface area (Å²) in [5.74, 6) is 0.830. The monoisotopic (exact) mass is 248 g/mol. The normalized spacial score (nSPS) is 10.2. The number of hydrogen-bond acceptors (Lipinski definition) is 4. The number of ether oxygens (including phenoxy) is 1. The molecule has 94 valence electrons. The lowest BCUT2D eigenvalue weighted by atomic mass is 10.1. The predicted octanol–water partition coefficient (Wildman–Crippen LogP) is 1.13. The fourth-order valence-corrected chi connectivity index (χ4v) is 1.66. The summed E-state index contributed by atoms with van der Waals surface area (Å²) in [6.07, 6.45) is 0. The number of rotatable bonds is 3. The number of methoxy groups -OCH3 is 1. The van der Waals surface area contributed by atoms with Crippen molar-refractivity contribution in [2.75, 3.05) is 12.4 Å². The lowest BCUT2D eigenvalue weighted by Gasteiger charge is -2.01. The van der Waals surface area contributed by atoms with Crippen LogP contribution in [0.5, 0.6) is 5.75 Å². The van der Waals surface area contributed by atoms with Crippen molar-refractivity contribution in [2.45, 2.75) is 6.92 Å². The van der Waals surface area contributed by atoms with E-state index < -0.39 is 0 Å². The molecule has 0 radical (unpaired) electrons. The molecule has 1 amide bonds. The lowest BCUT2D eigenvalue weighted by molar-refractivity contribution is -0.730. The Kier molecular flexibility index (Phi) is 3.27. The van der Waals surface area contributed by atoms with E-state index in [-0.39, 0.29) is 5.91 Å². The first-order chi connectivity index (χ1) is 8.61. The molecule has 0 fully saturated rings. The van der Waals surface area contributed by atoms with Crippen molar-refractivity contribution < 1.29 is 18.7 Å². The van der Waals surface area contributed by atoms with E-state index >= 15 is 0 Å². The summed E-state index contributed by atoms with van der Waals surface area (Å²) in [5, 5.41) is 6.39. The van der Waals surface area contributed by atoms with Crippen molar-refractivity contribution in [3.8, 4) is 17.0 Å². The standard InChI is InChI=1S/C12H13N3O3/c1-8(16)13-12-11(15(2)14-18-12)9-5-4-6-10(7-9)17-3/h4-7H,1-3H3/p+1. The van der Waals surface area contributed by atoms with Crippen LogP contribution in [0.25, 0.3) is 11.3 Å². The Bertz CT molecular complexity index is 578. The van der Waals surface area contributed by atoms with E-state index in [1.807, 2.05) is 24.3 Å². The topological polar surface area (TPSA) is 68.2 Å². The quantitative estimate of drug-likeness (QED) is 0.827. The van der Waals surface area contributed by atoms with Gasteiger partial charge in [0.2, 0.25) is 11.2 Å². The molecule has 1 N–H and O–H groups in total. The van der Waals surface area contributed by atoms with Crippen LogP contribution < -0.4 is 14.7 Å². The Hall–Kier alpha value is -2.37. The van der Waals surface area contributed by atoms with Crippen LogP contribution in [0.15, 0.2) is 28.8 Å². The summed E-state index contributed by atoms with van der Waals surface area (Å²) in [4.78, 5) is 11.1. The smallest absolute Gasteiger partial charge is 0.310 e. The second-order valence-electron chi connectivity index (χ2n) is 3.79. The van der Waals surface area contributed by atoms with Gasteiger partial charge in [-0.15, -0.1) is 0 Å². The van der Waals surface area contributed by atoms with Crippen molar-refractivity contribution in [3.05, 3.63) is 24.3 Å². The van der Waals surface area contributed by atoms with Gasteiger partial charge in [0, 0.05) is 6.92 Å². The third kappa shape index (κ3) is 2.32. The van der Waals surface area contributed by atoms with E-state index in [9.17, 15) is 4.79 Å². The molecule has 2 aromatic rings. The highest BCUT2D eigenvalue weighted by Crippen LogP contribution is 2.26. The molecule has 2 rings (SSSR count). The average molecular weight is 248 g/mol. The summed E-state index contributed by atoms with van der Waals surface area (Å²) in [6, 6.07) is 7.44. The highest BCUT2D eigenvalue weighted by molar-refractivity contribution is 5.90. The third-order valence-electron chi connectivity index (χ3n) is 2.43. The molecule has 0 aliphatic heterocycles. The van der Waals surface area contributed by atoms with Crippen LogP contribution in [0, 0.1) is 0 Å². The van der Waals surface area contributed by atoms with Gasteiger partial charge in [-0.3, -0.25) is 14.6 Å². The van der Waals surface area contributed by atoms with Gasteiger partial charge in [-0.1, -0.05) is 6.07 Å². The van der Waals surface area contributed by atoms with Crippen molar-refractivity contribution in [1.82, 2.24) is 5.27 Å². The molecule has 0 spiro atoms. The van der Waals surface area contributed by atoms with Gasteiger partial charge in [0.15, 0.2) is 7.05 Å². The van der Waals surface area contributed by atoms with E-state index in [0.717, 1.165) is 11.3 Å². The van der Waals surface area contributed by atoms with Gasteiger partial charge in [-0.2, -0.15) is 0 Å². The summed E-state index contributed by atoms with van der Waals surface area (Å²) < 4.78 is 11.8. The van der Waals surface area contributed by atoms with Gasteiger partial charge in [0.05, 0.1) is 12.7 Å². The minimum Gasteiger partial charge on any atom is -0.497 e. The first kappa shape index (κ1) is 12.1. The number of carbonyl (C=O) groups is 1. The van der Waals surface area contributed by atoms with Crippen LogP contribution >= 0.6 is 0 Å². The number of carbonyl (C=O) groups excluding carboxylic acids is 1.